The lowest BCUT2D eigenvalue weighted by Gasteiger charge is -1.96. The first kappa shape index (κ1) is 9.96. The lowest BCUT2D eigenvalue weighted by Crippen LogP contribution is -2.13. The molecule has 3 rings (SSSR count). The summed E-state index contributed by atoms with van der Waals surface area (Å²) in [5, 5.41) is 10.4. The number of fused-ring (bicyclic) bond motifs is 2. The van der Waals surface area contributed by atoms with Crippen LogP contribution in [0.5, 0.6) is 0 Å². The number of nitrogens with two attached hydrogens (primary N) is 1. The molecule has 1 heterocycles. The second kappa shape index (κ2) is 3.66. The van der Waals surface area contributed by atoms with Crippen LogP contribution in [0.2, 0.25) is 0 Å². The lowest BCUT2D eigenvalue weighted by molar-refractivity contribution is -0.117. The van der Waals surface area contributed by atoms with Gasteiger partial charge in [-0.2, -0.15) is 10.2 Å². The molecule has 17 heavy (non-hydrogen) atoms. The molecular formula is C13H11N3O. The molecule has 0 radical (unpaired) electrons. The molecule has 2 aliphatic rings. The average Bonchev–Trinajstić information content (AvgIpc) is 2.88. The zero-order valence-corrected chi connectivity index (χ0v) is 9.18. The summed E-state index contributed by atoms with van der Waals surface area (Å²) in [6, 6.07) is 4.09. The van der Waals surface area contributed by atoms with Crippen LogP contribution in [0.3, 0.4) is 0 Å². The number of nitrogens with zero attached hydrogens (tertiary/aromatic N) is 2. The molecule has 0 aromatic heterocycles. The highest BCUT2D eigenvalue weighted by Gasteiger charge is 2.11. The van der Waals surface area contributed by atoms with Gasteiger partial charge in [-0.05, 0) is 22.9 Å². The zero-order valence-electron chi connectivity index (χ0n) is 9.18. The van der Waals surface area contributed by atoms with E-state index < -0.39 is 0 Å². The van der Waals surface area contributed by atoms with Crippen molar-refractivity contribution in [2.45, 2.75) is 12.8 Å². The summed E-state index contributed by atoms with van der Waals surface area (Å²) in [6.45, 7) is 0. The summed E-state index contributed by atoms with van der Waals surface area (Å²) >= 11 is 0. The fourth-order valence-electron chi connectivity index (χ4n) is 2.07. The van der Waals surface area contributed by atoms with Crippen LogP contribution in [-0.2, 0) is 4.79 Å². The van der Waals surface area contributed by atoms with Gasteiger partial charge in [0.1, 0.15) is 0 Å². The van der Waals surface area contributed by atoms with E-state index in [0.717, 1.165) is 16.6 Å². The summed E-state index contributed by atoms with van der Waals surface area (Å²) in [7, 11) is 0. The summed E-state index contributed by atoms with van der Waals surface area (Å²) in [5.74, 6) is -0.310. The Morgan fingerprint density at radius 2 is 2.18 bits per heavy atom. The number of primary amides is 1. The van der Waals surface area contributed by atoms with Gasteiger partial charge in [0.15, 0.2) is 0 Å². The minimum Gasteiger partial charge on any atom is -0.370 e. The molecule has 2 N–H and O–H groups in total. The number of allylic oxidation sites excluding steroid dienone is 1. The molecule has 1 aliphatic carbocycles. The molecule has 4 nitrogen and oxygen atoms in total. The van der Waals surface area contributed by atoms with E-state index in [2.05, 4.69) is 22.4 Å². The van der Waals surface area contributed by atoms with Crippen LogP contribution in [0.1, 0.15) is 18.4 Å². The van der Waals surface area contributed by atoms with E-state index in [9.17, 15) is 4.79 Å². The fourth-order valence-corrected chi connectivity index (χ4v) is 2.07. The SMILES string of the molecule is NC(=O)CCC1=c2cc3c(cc2N=N1)=CC=C3. The molecule has 1 aromatic carbocycles. The molecule has 0 saturated carbocycles. The van der Waals surface area contributed by atoms with Crippen LogP contribution < -0.4 is 16.2 Å². The van der Waals surface area contributed by atoms with E-state index in [-0.39, 0.29) is 5.91 Å². The van der Waals surface area contributed by atoms with E-state index in [1.807, 2.05) is 18.2 Å². The molecule has 1 aliphatic heterocycles. The lowest BCUT2D eigenvalue weighted by atomic mass is 10.1. The van der Waals surface area contributed by atoms with Gasteiger partial charge in [0.25, 0.3) is 0 Å². The Balaban J connectivity index is 2.08. The van der Waals surface area contributed by atoms with Gasteiger partial charge in [-0.25, -0.2) is 0 Å². The van der Waals surface area contributed by atoms with Gasteiger partial charge in [-0.15, -0.1) is 0 Å². The predicted molar refractivity (Wildman–Crippen MR) is 65.5 cm³/mol. The van der Waals surface area contributed by atoms with Gasteiger partial charge >= 0.3 is 0 Å². The van der Waals surface area contributed by atoms with Crippen molar-refractivity contribution in [1.29, 1.82) is 0 Å². The zero-order chi connectivity index (χ0) is 11.8. The van der Waals surface area contributed by atoms with Crippen LogP contribution in [0.4, 0.5) is 5.69 Å². The fraction of sp³-hybridized carbons (Fsp3) is 0.154. The summed E-state index contributed by atoms with van der Waals surface area (Å²) < 4.78 is 0. The third-order valence-corrected chi connectivity index (χ3v) is 2.95. The number of amides is 1. The maximum atomic E-state index is 10.8. The summed E-state index contributed by atoms with van der Waals surface area (Å²) in [5.41, 5.74) is 8.04. The smallest absolute Gasteiger partial charge is 0.217 e. The first-order valence-corrected chi connectivity index (χ1v) is 5.50. The van der Waals surface area contributed by atoms with Crippen molar-refractivity contribution in [3.05, 3.63) is 34.2 Å². The van der Waals surface area contributed by atoms with E-state index >= 15 is 0 Å². The minimum absolute atomic E-state index is 0.310. The molecule has 4 heteroatoms. The number of carbonyl (C=O) groups is 1. The first-order valence-electron chi connectivity index (χ1n) is 5.50. The average molecular weight is 225 g/mol. The quantitative estimate of drug-likeness (QED) is 0.818. The Hall–Kier alpha value is -2.23. The van der Waals surface area contributed by atoms with E-state index in [0.29, 0.717) is 12.8 Å². The van der Waals surface area contributed by atoms with Gasteiger partial charge in [-0.1, -0.05) is 18.2 Å². The summed E-state index contributed by atoms with van der Waals surface area (Å²) in [6.07, 6.45) is 6.98. The van der Waals surface area contributed by atoms with Crippen LogP contribution >= 0.6 is 0 Å². The molecular weight excluding hydrogens is 214 g/mol. The minimum atomic E-state index is -0.310. The monoisotopic (exact) mass is 225 g/mol. The van der Waals surface area contributed by atoms with E-state index in [4.69, 9.17) is 5.73 Å². The topological polar surface area (TPSA) is 67.8 Å². The highest BCUT2D eigenvalue weighted by Crippen LogP contribution is 2.20. The molecule has 0 atom stereocenters. The van der Waals surface area contributed by atoms with E-state index in [1.165, 1.54) is 10.8 Å². The normalized spacial score (nSPS) is 14.7. The molecule has 0 fully saturated rings. The van der Waals surface area contributed by atoms with Gasteiger partial charge in [0, 0.05) is 18.1 Å². The molecule has 0 saturated heterocycles. The third kappa shape index (κ3) is 1.67. The number of hydrogen-bond acceptors (Lipinski definition) is 3. The largest absolute Gasteiger partial charge is 0.370 e. The van der Waals surface area contributed by atoms with Crippen molar-refractivity contribution in [3.63, 3.8) is 0 Å². The van der Waals surface area contributed by atoms with Crippen molar-refractivity contribution in [2.24, 2.45) is 16.0 Å². The van der Waals surface area contributed by atoms with E-state index in [1.54, 1.807) is 0 Å². The second-order valence-corrected chi connectivity index (χ2v) is 4.14. The van der Waals surface area contributed by atoms with Crippen molar-refractivity contribution in [1.82, 2.24) is 0 Å². The standard InChI is InChI=1S/C13H11N3O/c14-13(17)5-4-11-10-6-8-2-1-3-9(8)7-12(10)16-15-11/h1-3,6-7H,4-5H2,(H2,14,17). The first-order chi connectivity index (χ1) is 8.24. The van der Waals surface area contributed by atoms with Crippen LogP contribution in [0.15, 0.2) is 28.4 Å². The Bertz CT molecular complexity index is 683. The molecule has 0 spiro atoms. The number of hydrogen-bond donors (Lipinski definition) is 1. The van der Waals surface area contributed by atoms with Crippen molar-refractivity contribution >= 4 is 29.4 Å². The molecule has 1 aromatic rings. The van der Waals surface area contributed by atoms with Crippen molar-refractivity contribution in [3.8, 4) is 0 Å². The Labute approximate surface area is 97.9 Å². The maximum Gasteiger partial charge on any atom is 0.217 e. The van der Waals surface area contributed by atoms with Crippen LogP contribution in [0, 0.1) is 0 Å². The molecule has 0 bridgehead atoms. The number of carbonyl (C=O) groups excluding carboxylic acids is 1. The van der Waals surface area contributed by atoms with Gasteiger partial charge in [0.05, 0.1) is 11.4 Å². The Morgan fingerprint density at radius 3 is 3.00 bits per heavy atom. The van der Waals surface area contributed by atoms with Gasteiger partial charge in [-0.3, -0.25) is 4.79 Å². The highest BCUT2D eigenvalue weighted by atomic mass is 16.1. The third-order valence-electron chi connectivity index (χ3n) is 2.95. The second-order valence-electron chi connectivity index (χ2n) is 4.14. The maximum absolute atomic E-state index is 10.8. The van der Waals surface area contributed by atoms with Gasteiger partial charge < -0.3 is 5.73 Å². The van der Waals surface area contributed by atoms with Gasteiger partial charge in [0.2, 0.25) is 5.91 Å². The molecule has 84 valence electrons. The highest BCUT2D eigenvalue weighted by molar-refractivity contribution is 5.76. The number of benzene rings is 1. The molecule has 0 unspecified atom stereocenters. The summed E-state index contributed by atoms with van der Waals surface area (Å²) in [4.78, 5) is 10.8. The van der Waals surface area contributed by atoms with Crippen molar-refractivity contribution < 1.29 is 4.79 Å². The van der Waals surface area contributed by atoms with Crippen LogP contribution in [0.25, 0.3) is 17.8 Å². The predicted octanol–water partition coefficient (Wildman–Crippen LogP) is 0.965. The van der Waals surface area contributed by atoms with Crippen LogP contribution in [-0.4, -0.2) is 5.91 Å². The molecule has 1 amide bonds. The Kier molecular flexibility index (Phi) is 2.14. The van der Waals surface area contributed by atoms with Crippen molar-refractivity contribution in [2.75, 3.05) is 0 Å². The Morgan fingerprint density at radius 1 is 1.29 bits per heavy atom. The number of rotatable bonds is 3. The number of azo groups is 1.